The third-order valence-corrected chi connectivity index (χ3v) is 6.10. The van der Waals surface area contributed by atoms with Gasteiger partial charge in [-0.2, -0.15) is 0 Å². The zero-order chi connectivity index (χ0) is 20.1. The van der Waals surface area contributed by atoms with Crippen molar-refractivity contribution in [3.05, 3.63) is 46.6 Å². The van der Waals surface area contributed by atoms with Crippen molar-refractivity contribution < 1.29 is 4.79 Å². The van der Waals surface area contributed by atoms with Crippen LogP contribution in [0.5, 0.6) is 0 Å². The number of likely N-dealkylation sites (N-methyl/N-ethyl adjacent to an activating group) is 1. The molecule has 0 atom stereocenters. The lowest BCUT2D eigenvalue weighted by atomic mass is 10.1. The number of aromatic nitrogens is 2. The van der Waals surface area contributed by atoms with Crippen molar-refractivity contribution in [2.45, 2.75) is 27.7 Å². The third-order valence-electron chi connectivity index (χ3n) is 4.98. The second kappa shape index (κ2) is 9.12. The van der Waals surface area contributed by atoms with Crippen LogP contribution in [0, 0.1) is 13.8 Å². The monoisotopic (exact) mass is 397 g/mol. The maximum absolute atomic E-state index is 12.3. The summed E-state index contributed by atoms with van der Waals surface area (Å²) in [5.74, 6) is 0.746. The van der Waals surface area contributed by atoms with E-state index in [1.54, 1.807) is 17.7 Å². The summed E-state index contributed by atoms with van der Waals surface area (Å²) in [5.41, 5.74) is 2.75. The van der Waals surface area contributed by atoms with Gasteiger partial charge in [-0.3, -0.25) is 4.79 Å². The summed E-state index contributed by atoms with van der Waals surface area (Å²) in [6, 6.07) is 7.47. The van der Waals surface area contributed by atoms with E-state index in [-0.39, 0.29) is 5.91 Å². The molecular formula is C21H27N5OS. The van der Waals surface area contributed by atoms with Gasteiger partial charge in [0, 0.05) is 29.2 Å². The van der Waals surface area contributed by atoms with E-state index in [4.69, 9.17) is 0 Å². The number of amides is 1. The van der Waals surface area contributed by atoms with Crippen molar-refractivity contribution >= 4 is 39.0 Å². The molecule has 6 nitrogen and oxygen atoms in total. The number of carbonyl (C=O) groups excluding carboxylic acids is 1. The number of anilines is 2. The molecule has 0 fully saturated rings. The number of carbonyl (C=O) groups is 1. The number of thiophene rings is 1. The Labute approximate surface area is 170 Å². The Balaban J connectivity index is 1.66. The molecule has 0 saturated heterocycles. The first-order valence-electron chi connectivity index (χ1n) is 9.61. The van der Waals surface area contributed by atoms with Gasteiger partial charge < -0.3 is 15.5 Å². The highest BCUT2D eigenvalue weighted by Crippen LogP contribution is 2.33. The zero-order valence-electron chi connectivity index (χ0n) is 16.9. The molecule has 2 heterocycles. The number of nitrogens with one attached hydrogen (secondary N) is 2. The minimum Gasteiger partial charge on any atom is -0.351 e. The Morgan fingerprint density at radius 2 is 1.82 bits per heavy atom. The van der Waals surface area contributed by atoms with Crippen molar-refractivity contribution in [1.29, 1.82) is 0 Å². The second-order valence-corrected chi connectivity index (χ2v) is 7.87. The molecule has 0 aliphatic heterocycles. The number of hydrogen-bond donors (Lipinski definition) is 2. The van der Waals surface area contributed by atoms with Crippen molar-refractivity contribution in [3.63, 3.8) is 0 Å². The number of fused-ring (bicyclic) bond motifs is 1. The van der Waals surface area contributed by atoms with E-state index < -0.39 is 0 Å². The van der Waals surface area contributed by atoms with Gasteiger partial charge in [0.25, 0.3) is 5.91 Å². The van der Waals surface area contributed by atoms with Crippen LogP contribution < -0.4 is 10.6 Å². The first-order valence-corrected chi connectivity index (χ1v) is 10.4. The fraction of sp³-hybridized carbons (Fsp3) is 0.381. The minimum atomic E-state index is -0.0487. The summed E-state index contributed by atoms with van der Waals surface area (Å²) < 4.78 is 0. The minimum absolute atomic E-state index is 0.0487. The highest BCUT2D eigenvalue weighted by Gasteiger charge is 2.12. The van der Waals surface area contributed by atoms with Gasteiger partial charge in [-0.1, -0.05) is 13.8 Å². The van der Waals surface area contributed by atoms with Crippen molar-refractivity contribution in [2.24, 2.45) is 0 Å². The largest absolute Gasteiger partial charge is 0.351 e. The molecule has 7 heteroatoms. The van der Waals surface area contributed by atoms with Gasteiger partial charge in [-0.05, 0) is 56.8 Å². The van der Waals surface area contributed by atoms with Crippen LogP contribution in [0.1, 0.15) is 34.6 Å². The lowest BCUT2D eigenvalue weighted by Crippen LogP contribution is -2.34. The topological polar surface area (TPSA) is 70.2 Å². The average Bonchev–Trinajstić information content (AvgIpc) is 3.00. The van der Waals surface area contributed by atoms with Crippen molar-refractivity contribution in [1.82, 2.24) is 20.2 Å². The lowest BCUT2D eigenvalue weighted by Gasteiger charge is -2.18. The highest BCUT2D eigenvalue weighted by molar-refractivity contribution is 7.18. The summed E-state index contributed by atoms with van der Waals surface area (Å²) in [4.78, 5) is 25.6. The molecule has 148 valence electrons. The maximum Gasteiger partial charge on any atom is 0.251 e. The molecule has 28 heavy (non-hydrogen) atoms. The van der Waals surface area contributed by atoms with Gasteiger partial charge >= 0.3 is 0 Å². The van der Waals surface area contributed by atoms with Gasteiger partial charge in [0.05, 0.1) is 5.39 Å². The molecule has 0 aliphatic carbocycles. The molecule has 0 radical (unpaired) electrons. The third kappa shape index (κ3) is 4.48. The Kier molecular flexibility index (Phi) is 6.59. The molecule has 2 aromatic heterocycles. The quantitative estimate of drug-likeness (QED) is 0.598. The van der Waals surface area contributed by atoms with E-state index >= 15 is 0 Å². The van der Waals surface area contributed by atoms with Crippen LogP contribution in [-0.4, -0.2) is 47.0 Å². The summed E-state index contributed by atoms with van der Waals surface area (Å²) in [6.07, 6.45) is 1.58. The van der Waals surface area contributed by atoms with E-state index in [2.05, 4.69) is 53.2 Å². The molecule has 1 amide bonds. The number of nitrogens with zero attached hydrogens (tertiary/aromatic N) is 3. The molecule has 0 bridgehead atoms. The molecule has 1 aromatic carbocycles. The molecular weight excluding hydrogens is 370 g/mol. The van der Waals surface area contributed by atoms with Crippen LogP contribution in [0.4, 0.5) is 11.5 Å². The standard InChI is InChI=1S/C21H27N5OS/c1-5-26(6-2)12-11-22-20(27)16-7-9-17(10-8-16)25-19-18-14(3)15(4)28-21(18)24-13-23-19/h7-10,13H,5-6,11-12H2,1-4H3,(H,22,27)(H,23,24,25). The summed E-state index contributed by atoms with van der Waals surface area (Å²) in [5, 5.41) is 7.40. The Bertz CT molecular complexity index is 947. The SMILES string of the molecule is CCN(CC)CCNC(=O)c1ccc(Nc2ncnc3sc(C)c(C)c23)cc1. The Hall–Kier alpha value is -2.51. The predicted molar refractivity (Wildman–Crippen MR) is 117 cm³/mol. The first-order chi connectivity index (χ1) is 13.5. The van der Waals surface area contributed by atoms with Gasteiger partial charge in [0.15, 0.2) is 0 Å². The van der Waals surface area contributed by atoms with Gasteiger partial charge in [-0.25, -0.2) is 9.97 Å². The molecule has 0 aliphatic rings. The Morgan fingerprint density at radius 1 is 1.11 bits per heavy atom. The molecule has 3 aromatic rings. The molecule has 0 unspecified atom stereocenters. The van der Waals surface area contributed by atoms with Crippen LogP contribution in [-0.2, 0) is 0 Å². The smallest absolute Gasteiger partial charge is 0.251 e. The van der Waals surface area contributed by atoms with E-state index in [1.807, 2.05) is 24.3 Å². The number of aryl methyl sites for hydroxylation is 2. The van der Waals surface area contributed by atoms with Crippen LogP contribution in [0.25, 0.3) is 10.2 Å². The maximum atomic E-state index is 12.3. The molecule has 0 saturated carbocycles. The number of benzene rings is 1. The first kappa shape index (κ1) is 20.2. The van der Waals surface area contributed by atoms with Crippen LogP contribution in [0.2, 0.25) is 0 Å². The normalized spacial score (nSPS) is 11.2. The highest BCUT2D eigenvalue weighted by atomic mass is 32.1. The fourth-order valence-electron chi connectivity index (χ4n) is 3.09. The lowest BCUT2D eigenvalue weighted by molar-refractivity contribution is 0.0949. The van der Waals surface area contributed by atoms with Gasteiger partial charge in [0.1, 0.15) is 17.0 Å². The Morgan fingerprint density at radius 3 is 2.50 bits per heavy atom. The van der Waals surface area contributed by atoms with E-state index in [0.29, 0.717) is 12.1 Å². The average molecular weight is 398 g/mol. The van der Waals surface area contributed by atoms with Gasteiger partial charge in [0.2, 0.25) is 0 Å². The summed E-state index contributed by atoms with van der Waals surface area (Å²) >= 11 is 1.68. The molecule has 2 N–H and O–H groups in total. The summed E-state index contributed by atoms with van der Waals surface area (Å²) in [6.45, 7) is 11.9. The van der Waals surface area contributed by atoms with Crippen LogP contribution in [0.15, 0.2) is 30.6 Å². The van der Waals surface area contributed by atoms with Crippen LogP contribution in [0.3, 0.4) is 0 Å². The number of rotatable bonds is 8. The predicted octanol–water partition coefficient (Wildman–Crippen LogP) is 4.12. The van der Waals surface area contributed by atoms with E-state index in [0.717, 1.165) is 41.4 Å². The van der Waals surface area contributed by atoms with Crippen molar-refractivity contribution in [3.8, 4) is 0 Å². The van der Waals surface area contributed by atoms with E-state index in [9.17, 15) is 4.79 Å². The summed E-state index contributed by atoms with van der Waals surface area (Å²) in [7, 11) is 0. The number of hydrogen-bond acceptors (Lipinski definition) is 6. The fourth-order valence-corrected chi connectivity index (χ4v) is 4.09. The van der Waals surface area contributed by atoms with Gasteiger partial charge in [-0.15, -0.1) is 11.3 Å². The molecule has 3 rings (SSSR count). The van der Waals surface area contributed by atoms with Crippen molar-refractivity contribution in [2.75, 3.05) is 31.5 Å². The second-order valence-electron chi connectivity index (χ2n) is 6.67. The molecule has 0 spiro atoms. The van der Waals surface area contributed by atoms with E-state index in [1.165, 1.54) is 10.4 Å². The zero-order valence-corrected chi connectivity index (χ0v) is 17.7. The van der Waals surface area contributed by atoms with Crippen LogP contribution >= 0.6 is 11.3 Å².